The van der Waals surface area contributed by atoms with Crippen LogP contribution in [0.5, 0.6) is 11.5 Å². The van der Waals surface area contributed by atoms with Crippen LogP contribution in [0.25, 0.3) is 0 Å². The zero-order valence-electron chi connectivity index (χ0n) is 13.9. The molecule has 140 valence electrons. The number of carbonyl (C=O) groups excluding carboxylic acids is 2. The third-order valence-corrected chi connectivity index (χ3v) is 3.90. The maximum atomic E-state index is 12.2. The lowest BCUT2D eigenvalue weighted by Crippen LogP contribution is -2.30. The Hall–Kier alpha value is -3.33. The summed E-state index contributed by atoms with van der Waals surface area (Å²) in [5.41, 5.74) is -0.382. The van der Waals surface area contributed by atoms with Crippen molar-refractivity contribution in [1.29, 1.82) is 0 Å². The minimum Gasteiger partial charge on any atom is -0.454 e. The molecule has 1 aliphatic rings. The summed E-state index contributed by atoms with van der Waals surface area (Å²) < 4.78 is 15.4. The van der Waals surface area contributed by atoms with Crippen LogP contribution in [0.1, 0.15) is 17.3 Å². The Kier molecular flexibility index (Phi) is 5.13. The van der Waals surface area contributed by atoms with E-state index in [2.05, 4.69) is 5.32 Å². The van der Waals surface area contributed by atoms with E-state index in [4.69, 9.17) is 25.8 Å². The van der Waals surface area contributed by atoms with E-state index in [1.165, 1.54) is 19.1 Å². The molecule has 0 radical (unpaired) electrons. The predicted octanol–water partition coefficient (Wildman–Crippen LogP) is 3.16. The number of carbonyl (C=O) groups is 2. The normalized spacial score (nSPS) is 13.0. The summed E-state index contributed by atoms with van der Waals surface area (Å²) in [5, 5.41) is 13.7. The lowest BCUT2D eigenvalue weighted by atomic mass is 10.2. The number of nitrogens with one attached hydrogen (secondary N) is 1. The summed E-state index contributed by atoms with van der Waals surface area (Å²) in [5.74, 6) is -0.581. The first kappa shape index (κ1) is 18.5. The molecule has 1 N–H and O–H groups in total. The van der Waals surface area contributed by atoms with E-state index in [-0.39, 0.29) is 17.4 Å². The topological polar surface area (TPSA) is 117 Å². The monoisotopic (exact) mass is 392 g/mol. The highest BCUT2D eigenvalue weighted by atomic mass is 35.5. The molecular weight excluding hydrogens is 380 g/mol. The number of esters is 1. The molecule has 2 aromatic rings. The molecule has 0 spiro atoms. The lowest BCUT2D eigenvalue weighted by molar-refractivity contribution is -0.385. The maximum absolute atomic E-state index is 12.2. The molecule has 0 saturated heterocycles. The van der Waals surface area contributed by atoms with Gasteiger partial charge in [-0.05, 0) is 31.2 Å². The smallest absolute Gasteiger partial charge is 0.345 e. The minimum atomic E-state index is -1.20. The Morgan fingerprint density at radius 3 is 2.70 bits per heavy atom. The molecule has 2 aromatic carbocycles. The highest BCUT2D eigenvalue weighted by Crippen LogP contribution is 2.34. The highest BCUT2D eigenvalue weighted by molar-refractivity contribution is 6.31. The summed E-state index contributed by atoms with van der Waals surface area (Å²) in [6.07, 6.45) is -1.20. The van der Waals surface area contributed by atoms with Crippen molar-refractivity contribution in [3.8, 4) is 11.5 Å². The van der Waals surface area contributed by atoms with Crippen LogP contribution >= 0.6 is 11.6 Å². The Labute approximate surface area is 157 Å². The summed E-state index contributed by atoms with van der Waals surface area (Å²) in [6.45, 7) is 1.45. The number of hydrogen-bond acceptors (Lipinski definition) is 7. The van der Waals surface area contributed by atoms with Crippen molar-refractivity contribution in [3.05, 3.63) is 57.1 Å². The van der Waals surface area contributed by atoms with Crippen LogP contribution < -0.4 is 14.8 Å². The molecule has 1 aliphatic heterocycles. The molecule has 1 atom stereocenters. The van der Waals surface area contributed by atoms with Gasteiger partial charge in [-0.2, -0.15) is 0 Å². The van der Waals surface area contributed by atoms with Crippen LogP contribution in [-0.4, -0.2) is 29.7 Å². The molecule has 0 aliphatic carbocycles. The van der Waals surface area contributed by atoms with Gasteiger partial charge in [0.05, 0.1) is 4.92 Å². The van der Waals surface area contributed by atoms with Crippen molar-refractivity contribution in [2.75, 3.05) is 12.1 Å². The molecule has 0 saturated carbocycles. The van der Waals surface area contributed by atoms with Gasteiger partial charge in [0.15, 0.2) is 17.6 Å². The van der Waals surface area contributed by atoms with Gasteiger partial charge < -0.3 is 19.5 Å². The molecule has 0 bridgehead atoms. The average Bonchev–Trinajstić information content (AvgIpc) is 3.09. The number of rotatable bonds is 5. The number of ether oxygens (including phenoxy) is 3. The number of benzene rings is 2. The van der Waals surface area contributed by atoms with Crippen LogP contribution in [0.2, 0.25) is 5.02 Å². The van der Waals surface area contributed by atoms with Crippen molar-refractivity contribution in [2.45, 2.75) is 13.0 Å². The van der Waals surface area contributed by atoms with E-state index in [0.717, 1.165) is 6.07 Å². The van der Waals surface area contributed by atoms with Crippen LogP contribution in [0.15, 0.2) is 36.4 Å². The minimum absolute atomic E-state index is 0.0978. The first-order valence-electron chi connectivity index (χ1n) is 7.70. The number of nitrogens with zero attached hydrogens (tertiary/aromatic N) is 1. The first-order chi connectivity index (χ1) is 12.8. The van der Waals surface area contributed by atoms with Gasteiger partial charge in [0.1, 0.15) is 5.56 Å². The number of halogens is 1. The second-order valence-corrected chi connectivity index (χ2v) is 5.96. The van der Waals surface area contributed by atoms with Crippen molar-refractivity contribution >= 4 is 34.9 Å². The van der Waals surface area contributed by atoms with Gasteiger partial charge in [0.2, 0.25) is 6.79 Å². The number of amides is 1. The fourth-order valence-corrected chi connectivity index (χ4v) is 2.49. The molecule has 27 heavy (non-hydrogen) atoms. The van der Waals surface area contributed by atoms with Crippen molar-refractivity contribution in [2.24, 2.45) is 0 Å². The van der Waals surface area contributed by atoms with E-state index in [0.29, 0.717) is 17.2 Å². The average molecular weight is 393 g/mol. The van der Waals surface area contributed by atoms with E-state index >= 15 is 0 Å². The third-order valence-electron chi connectivity index (χ3n) is 3.67. The Morgan fingerprint density at radius 1 is 1.22 bits per heavy atom. The summed E-state index contributed by atoms with van der Waals surface area (Å²) in [4.78, 5) is 34.8. The first-order valence-corrected chi connectivity index (χ1v) is 8.08. The molecule has 0 fully saturated rings. The van der Waals surface area contributed by atoms with Crippen molar-refractivity contribution in [3.63, 3.8) is 0 Å². The zero-order chi connectivity index (χ0) is 19.6. The molecule has 1 amide bonds. The Bertz CT molecular complexity index is 931. The van der Waals surface area contributed by atoms with Crippen LogP contribution in [0.4, 0.5) is 11.4 Å². The highest BCUT2D eigenvalue weighted by Gasteiger charge is 2.26. The van der Waals surface area contributed by atoms with E-state index in [9.17, 15) is 19.7 Å². The van der Waals surface area contributed by atoms with Gasteiger partial charge in [0, 0.05) is 22.8 Å². The van der Waals surface area contributed by atoms with E-state index in [1.807, 2.05) is 0 Å². The lowest BCUT2D eigenvalue weighted by Gasteiger charge is -2.14. The number of hydrogen-bond donors (Lipinski definition) is 1. The van der Waals surface area contributed by atoms with Crippen LogP contribution in [-0.2, 0) is 9.53 Å². The molecule has 0 aromatic heterocycles. The van der Waals surface area contributed by atoms with Gasteiger partial charge in [-0.1, -0.05) is 11.6 Å². The van der Waals surface area contributed by atoms with Crippen LogP contribution in [0, 0.1) is 10.1 Å². The van der Waals surface area contributed by atoms with Gasteiger partial charge in [0.25, 0.3) is 11.6 Å². The van der Waals surface area contributed by atoms with E-state index in [1.54, 1.807) is 18.2 Å². The van der Waals surface area contributed by atoms with Gasteiger partial charge >= 0.3 is 5.97 Å². The Balaban J connectivity index is 1.68. The maximum Gasteiger partial charge on any atom is 0.345 e. The number of anilines is 1. The number of nitro benzene ring substituents is 1. The fraction of sp³-hybridized carbons (Fsp3) is 0.176. The third kappa shape index (κ3) is 4.09. The predicted molar refractivity (Wildman–Crippen MR) is 94.2 cm³/mol. The largest absolute Gasteiger partial charge is 0.454 e. The van der Waals surface area contributed by atoms with Crippen LogP contribution in [0.3, 0.4) is 0 Å². The van der Waals surface area contributed by atoms with Gasteiger partial charge in [-0.25, -0.2) is 4.79 Å². The molecule has 1 heterocycles. The van der Waals surface area contributed by atoms with Crippen molar-refractivity contribution in [1.82, 2.24) is 0 Å². The zero-order valence-corrected chi connectivity index (χ0v) is 14.7. The summed E-state index contributed by atoms with van der Waals surface area (Å²) in [6, 6.07) is 8.33. The Morgan fingerprint density at radius 2 is 1.96 bits per heavy atom. The fourth-order valence-electron chi connectivity index (χ4n) is 2.32. The van der Waals surface area contributed by atoms with Gasteiger partial charge in [-0.15, -0.1) is 0 Å². The standard InChI is InChI=1S/C17H13ClN2O7/c1-9(16(21)19-11-3-5-14-15(7-11)26-8-25-14)27-17(22)12-4-2-10(18)6-13(12)20(23)24/h2-7,9H,8H2,1H3,(H,19,21). The molecule has 3 rings (SSSR count). The number of nitro groups is 1. The second-order valence-electron chi connectivity index (χ2n) is 5.52. The molecule has 10 heteroatoms. The molecule has 9 nitrogen and oxygen atoms in total. The van der Waals surface area contributed by atoms with E-state index < -0.39 is 28.6 Å². The SMILES string of the molecule is CC(OC(=O)c1ccc(Cl)cc1[N+](=O)[O-])C(=O)Nc1ccc2c(c1)OCO2. The summed E-state index contributed by atoms with van der Waals surface area (Å²) >= 11 is 5.71. The molecule has 1 unspecified atom stereocenters. The van der Waals surface area contributed by atoms with Crippen molar-refractivity contribution < 1.29 is 28.7 Å². The second kappa shape index (κ2) is 7.50. The quantitative estimate of drug-likeness (QED) is 0.471. The number of fused-ring (bicyclic) bond motifs is 1. The molecular formula is C17H13ClN2O7. The van der Waals surface area contributed by atoms with Gasteiger partial charge in [-0.3, -0.25) is 14.9 Å². The summed E-state index contributed by atoms with van der Waals surface area (Å²) in [7, 11) is 0.